The summed E-state index contributed by atoms with van der Waals surface area (Å²) in [5.74, 6) is 0.540. The first-order valence-corrected chi connectivity index (χ1v) is 9.47. The summed E-state index contributed by atoms with van der Waals surface area (Å²) in [5, 5.41) is 6.02. The molecule has 28 heavy (non-hydrogen) atoms. The number of amides is 2. The lowest BCUT2D eigenvalue weighted by molar-refractivity contribution is -0.118. The molecule has 144 valence electrons. The molecular formula is C20H16BrClN2O4. The van der Waals surface area contributed by atoms with Crippen LogP contribution in [0.3, 0.4) is 0 Å². The molecule has 0 unspecified atom stereocenters. The molecule has 0 atom stereocenters. The van der Waals surface area contributed by atoms with Crippen LogP contribution in [0.2, 0.25) is 5.02 Å². The SMILES string of the molecule is O=C(COc1ccc(Cl)cc1Br)Nc1cccc(C(=O)NCc2ccco2)c1. The fraction of sp³-hybridized carbons (Fsp3) is 0.100. The predicted octanol–water partition coefficient (Wildman–Crippen LogP) is 4.64. The van der Waals surface area contributed by atoms with Gasteiger partial charge in [0.1, 0.15) is 11.5 Å². The summed E-state index contributed by atoms with van der Waals surface area (Å²) in [6.07, 6.45) is 1.54. The highest BCUT2D eigenvalue weighted by Gasteiger charge is 2.10. The van der Waals surface area contributed by atoms with E-state index in [0.717, 1.165) is 0 Å². The maximum Gasteiger partial charge on any atom is 0.262 e. The largest absolute Gasteiger partial charge is 0.483 e. The zero-order valence-electron chi connectivity index (χ0n) is 14.6. The van der Waals surface area contributed by atoms with Crippen LogP contribution in [-0.4, -0.2) is 18.4 Å². The number of ether oxygens (including phenoxy) is 1. The van der Waals surface area contributed by atoms with E-state index in [9.17, 15) is 9.59 Å². The normalized spacial score (nSPS) is 10.4. The van der Waals surface area contributed by atoms with Crippen LogP contribution in [0.5, 0.6) is 5.75 Å². The highest BCUT2D eigenvalue weighted by atomic mass is 79.9. The molecule has 0 saturated carbocycles. The second-order valence-electron chi connectivity index (χ2n) is 5.75. The molecule has 0 bridgehead atoms. The second-order valence-corrected chi connectivity index (χ2v) is 7.05. The van der Waals surface area contributed by atoms with Crippen molar-refractivity contribution in [3.63, 3.8) is 0 Å². The van der Waals surface area contributed by atoms with Crippen LogP contribution < -0.4 is 15.4 Å². The molecule has 0 aliphatic rings. The monoisotopic (exact) mass is 462 g/mol. The van der Waals surface area contributed by atoms with Crippen LogP contribution in [0, 0.1) is 0 Å². The molecule has 0 radical (unpaired) electrons. The van der Waals surface area contributed by atoms with Gasteiger partial charge in [-0.15, -0.1) is 0 Å². The minimum atomic E-state index is -0.352. The Labute approximate surface area is 175 Å². The van der Waals surface area contributed by atoms with Crippen molar-refractivity contribution in [3.8, 4) is 5.75 Å². The summed E-state index contributed by atoms with van der Waals surface area (Å²) in [7, 11) is 0. The first-order valence-electron chi connectivity index (χ1n) is 8.29. The lowest BCUT2D eigenvalue weighted by atomic mass is 10.2. The molecule has 6 nitrogen and oxygen atoms in total. The van der Waals surface area contributed by atoms with Gasteiger partial charge in [-0.3, -0.25) is 9.59 Å². The van der Waals surface area contributed by atoms with Crippen molar-refractivity contribution in [2.24, 2.45) is 0 Å². The third-order valence-corrected chi connectivity index (χ3v) is 4.52. The van der Waals surface area contributed by atoms with Crippen molar-refractivity contribution in [2.75, 3.05) is 11.9 Å². The van der Waals surface area contributed by atoms with Crippen LogP contribution in [-0.2, 0) is 11.3 Å². The van der Waals surface area contributed by atoms with E-state index in [4.69, 9.17) is 20.8 Å². The number of hydrogen-bond donors (Lipinski definition) is 2. The first-order chi connectivity index (χ1) is 13.5. The van der Waals surface area contributed by atoms with Crippen LogP contribution in [0.25, 0.3) is 0 Å². The zero-order valence-corrected chi connectivity index (χ0v) is 16.9. The van der Waals surface area contributed by atoms with Gasteiger partial charge < -0.3 is 19.8 Å². The van der Waals surface area contributed by atoms with Gasteiger partial charge in [0.05, 0.1) is 17.3 Å². The molecule has 0 aliphatic carbocycles. The van der Waals surface area contributed by atoms with E-state index in [1.807, 2.05) is 0 Å². The number of carbonyl (C=O) groups is 2. The Hall–Kier alpha value is -2.77. The number of carbonyl (C=O) groups excluding carboxylic acids is 2. The topological polar surface area (TPSA) is 80.6 Å². The molecule has 2 N–H and O–H groups in total. The van der Waals surface area contributed by atoms with E-state index < -0.39 is 0 Å². The highest BCUT2D eigenvalue weighted by molar-refractivity contribution is 9.10. The van der Waals surface area contributed by atoms with E-state index in [1.165, 1.54) is 0 Å². The van der Waals surface area contributed by atoms with E-state index in [-0.39, 0.29) is 25.0 Å². The Morgan fingerprint density at radius 1 is 1.11 bits per heavy atom. The van der Waals surface area contributed by atoms with Crippen molar-refractivity contribution < 1.29 is 18.7 Å². The molecule has 3 aromatic rings. The average molecular weight is 464 g/mol. The number of anilines is 1. The lowest BCUT2D eigenvalue weighted by Crippen LogP contribution is -2.23. The minimum absolute atomic E-state index is 0.185. The second kappa shape index (κ2) is 9.43. The molecule has 1 heterocycles. The molecule has 0 saturated heterocycles. The van der Waals surface area contributed by atoms with Crippen molar-refractivity contribution in [3.05, 3.63) is 81.7 Å². The molecule has 0 fully saturated rings. The van der Waals surface area contributed by atoms with Crippen LogP contribution in [0.1, 0.15) is 16.1 Å². The maximum atomic E-state index is 12.2. The molecular weight excluding hydrogens is 448 g/mol. The summed E-state index contributed by atoms with van der Waals surface area (Å²) < 4.78 is 11.3. The Bertz CT molecular complexity index is 976. The summed E-state index contributed by atoms with van der Waals surface area (Å²) >= 11 is 9.20. The lowest BCUT2D eigenvalue weighted by Gasteiger charge is -2.10. The van der Waals surface area contributed by atoms with Crippen LogP contribution >= 0.6 is 27.5 Å². The molecule has 2 aromatic carbocycles. The van der Waals surface area contributed by atoms with Crippen molar-refractivity contribution in [1.82, 2.24) is 5.32 Å². The number of hydrogen-bond acceptors (Lipinski definition) is 4. The Kier molecular flexibility index (Phi) is 6.73. The summed E-state index contributed by atoms with van der Waals surface area (Å²) in [5.41, 5.74) is 0.917. The standard InChI is InChI=1S/C20H16BrClN2O4/c21-17-10-14(22)6-7-18(17)28-12-19(25)24-15-4-1-3-13(9-15)20(26)23-11-16-5-2-8-27-16/h1-10H,11-12H2,(H,23,26)(H,24,25). The number of halogens is 2. The van der Waals surface area contributed by atoms with E-state index >= 15 is 0 Å². The highest BCUT2D eigenvalue weighted by Crippen LogP contribution is 2.27. The molecule has 8 heteroatoms. The van der Waals surface area contributed by atoms with Crippen LogP contribution in [0.4, 0.5) is 5.69 Å². The summed E-state index contributed by atoms with van der Waals surface area (Å²) in [6, 6.07) is 15.2. The molecule has 0 spiro atoms. The van der Waals surface area contributed by atoms with Gasteiger partial charge in [0, 0.05) is 16.3 Å². The van der Waals surface area contributed by atoms with Gasteiger partial charge in [0.25, 0.3) is 11.8 Å². The van der Waals surface area contributed by atoms with E-state index in [1.54, 1.807) is 60.9 Å². The summed E-state index contributed by atoms with van der Waals surface area (Å²) in [6.45, 7) is 0.0986. The quantitative estimate of drug-likeness (QED) is 0.535. The third kappa shape index (κ3) is 5.61. The maximum absolute atomic E-state index is 12.2. The van der Waals surface area contributed by atoms with Crippen LogP contribution in [0.15, 0.2) is 69.8 Å². The van der Waals surface area contributed by atoms with Gasteiger partial charge in [-0.25, -0.2) is 0 Å². The first kappa shape index (κ1) is 20.0. The summed E-state index contributed by atoms with van der Waals surface area (Å²) in [4.78, 5) is 24.4. The fourth-order valence-electron chi connectivity index (χ4n) is 2.35. The van der Waals surface area contributed by atoms with Crippen molar-refractivity contribution in [2.45, 2.75) is 6.54 Å². The number of rotatable bonds is 7. The van der Waals surface area contributed by atoms with Gasteiger partial charge in [0.2, 0.25) is 0 Å². The van der Waals surface area contributed by atoms with Crippen molar-refractivity contribution >= 4 is 45.0 Å². The third-order valence-electron chi connectivity index (χ3n) is 3.66. The van der Waals surface area contributed by atoms with Gasteiger partial charge in [-0.05, 0) is 64.5 Å². The molecule has 2 amide bonds. The molecule has 3 rings (SSSR count). The Morgan fingerprint density at radius 3 is 2.71 bits per heavy atom. The van der Waals surface area contributed by atoms with E-state index in [2.05, 4.69) is 26.6 Å². The Morgan fingerprint density at radius 2 is 1.96 bits per heavy atom. The number of nitrogens with one attached hydrogen (secondary N) is 2. The Balaban J connectivity index is 1.54. The zero-order chi connectivity index (χ0) is 19.9. The van der Waals surface area contributed by atoms with Gasteiger partial charge in [0.15, 0.2) is 6.61 Å². The van der Waals surface area contributed by atoms with E-state index in [0.29, 0.717) is 32.3 Å². The predicted molar refractivity (Wildman–Crippen MR) is 110 cm³/mol. The fourth-order valence-corrected chi connectivity index (χ4v) is 3.15. The van der Waals surface area contributed by atoms with Gasteiger partial charge >= 0.3 is 0 Å². The van der Waals surface area contributed by atoms with Crippen molar-refractivity contribution in [1.29, 1.82) is 0 Å². The molecule has 0 aliphatic heterocycles. The van der Waals surface area contributed by atoms with Gasteiger partial charge in [-0.2, -0.15) is 0 Å². The average Bonchev–Trinajstić information content (AvgIpc) is 3.19. The minimum Gasteiger partial charge on any atom is -0.483 e. The molecule has 1 aromatic heterocycles. The van der Waals surface area contributed by atoms with Gasteiger partial charge in [-0.1, -0.05) is 17.7 Å². The smallest absolute Gasteiger partial charge is 0.262 e. The number of benzene rings is 2. The number of furan rings is 1.